The van der Waals surface area contributed by atoms with Gasteiger partial charge in [0, 0.05) is 39.0 Å². The van der Waals surface area contributed by atoms with Crippen molar-refractivity contribution in [2.75, 3.05) is 31.3 Å². The standard InChI is InChI=1S/C28H35FN4O5Si/c1-5-12-31(18-34)23-10-7-21(8-11-23)28(17-32-16-20-6-9-22(29)15-24(20)25(32)35)26(36)33(27(37)30-28)19-38-13-14-39(2,3)4/h6-11,15,18H,5,12-14,16-17,19H2,1-4H3,(H,30,37)/t28-/m0/s1. The number of fused-ring (bicyclic) bond motifs is 1. The van der Waals surface area contributed by atoms with Crippen molar-refractivity contribution in [3.63, 3.8) is 0 Å². The van der Waals surface area contributed by atoms with Crippen molar-refractivity contribution in [2.24, 2.45) is 0 Å². The minimum absolute atomic E-state index is 0.149. The molecule has 4 rings (SSSR count). The summed E-state index contributed by atoms with van der Waals surface area (Å²) >= 11 is 0. The van der Waals surface area contributed by atoms with E-state index in [2.05, 4.69) is 25.0 Å². The number of ether oxygens (including phenoxy) is 1. The number of imide groups is 1. The van der Waals surface area contributed by atoms with Crippen LogP contribution in [0.5, 0.6) is 0 Å². The van der Waals surface area contributed by atoms with Gasteiger partial charge in [0.2, 0.25) is 6.41 Å². The number of benzene rings is 2. The summed E-state index contributed by atoms with van der Waals surface area (Å²) in [5.41, 5.74) is 0.423. The van der Waals surface area contributed by atoms with Crippen molar-refractivity contribution in [1.29, 1.82) is 0 Å². The first-order chi connectivity index (χ1) is 18.5. The molecule has 1 atom stereocenters. The number of nitrogens with zero attached hydrogens (tertiary/aromatic N) is 3. The molecule has 0 spiro atoms. The molecule has 9 nitrogen and oxygen atoms in total. The topological polar surface area (TPSA) is 99.3 Å². The summed E-state index contributed by atoms with van der Waals surface area (Å²) in [5, 5.41) is 2.83. The van der Waals surface area contributed by atoms with Gasteiger partial charge in [-0.25, -0.2) is 14.1 Å². The van der Waals surface area contributed by atoms with Gasteiger partial charge < -0.3 is 19.9 Å². The van der Waals surface area contributed by atoms with E-state index in [1.54, 1.807) is 35.2 Å². The summed E-state index contributed by atoms with van der Waals surface area (Å²) in [6.07, 6.45) is 1.51. The Morgan fingerprint density at radius 2 is 1.85 bits per heavy atom. The minimum Gasteiger partial charge on any atom is -0.361 e. The third-order valence-electron chi connectivity index (χ3n) is 7.05. The van der Waals surface area contributed by atoms with E-state index in [0.29, 0.717) is 30.0 Å². The van der Waals surface area contributed by atoms with Crippen LogP contribution >= 0.6 is 0 Å². The highest BCUT2D eigenvalue weighted by Crippen LogP contribution is 2.35. The van der Waals surface area contributed by atoms with Crippen LogP contribution in [0.15, 0.2) is 42.5 Å². The van der Waals surface area contributed by atoms with E-state index in [-0.39, 0.29) is 25.4 Å². The van der Waals surface area contributed by atoms with Gasteiger partial charge in [0.25, 0.3) is 11.8 Å². The number of halogens is 1. The highest BCUT2D eigenvalue weighted by Gasteiger charge is 2.54. The van der Waals surface area contributed by atoms with Gasteiger partial charge in [-0.2, -0.15) is 0 Å². The molecular weight excluding hydrogens is 519 g/mol. The van der Waals surface area contributed by atoms with Gasteiger partial charge in [-0.1, -0.05) is 44.8 Å². The lowest BCUT2D eigenvalue weighted by Gasteiger charge is -2.32. The van der Waals surface area contributed by atoms with E-state index in [0.717, 1.165) is 23.8 Å². The molecule has 0 aromatic heterocycles. The lowest BCUT2D eigenvalue weighted by Crippen LogP contribution is -2.53. The molecule has 208 valence electrons. The van der Waals surface area contributed by atoms with Crippen LogP contribution in [0.25, 0.3) is 0 Å². The summed E-state index contributed by atoms with van der Waals surface area (Å²) in [7, 11) is -1.37. The average Bonchev–Trinajstić information content (AvgIpc) is 3.32. The number of hydrogen-bond donors (Lipinski definition) is 1. The Morgan fingerprint density at radius 3 is 2.49 bits per heavy atom. The molecule has 0 bridgehead atoms. The van der Waals surface area contributed by atoms with Crippen LogP contribution in [0.3, 0.4) is 0 Å². The lowest BCUT2D eigenvalue weighted by molar-refractivity contribution is -0.135. The maximum atomic E-state index is 13.9. The van der Waals surface area contributed by atoms with E-state index in [1.165, 1.54) is 17.0 Å². The van der Waals surface area contributed by atoms with Crippen LogP contribution in [0, 0.1) is 5.82 Å². The van der Waals surface area contributed by atoms with Crippen molar-refractivity contribution in [2.45, 2.75) is 51.1 Å². The van der Waals surface area contributed by atoms with Crippen LogP contribution in [0.2, 0.25) is 25.7 Å². The number of hydrogen-bond acceptors (Lipinski definition) is 5. The van der Waals surface area contributed by atoms with Crippen LogP contribution in [0.1, 0.15) is 34.8 Å². The fourth-order valence-corrected chi connectivity index (χ4v) is 5.60. The van der Waals surface area contributed by atoms with Crippen LogP contribution in [0.4, 0.5) is 14.9 Å². The molecule has 1 fully saturated rings. The molecule has 0 unspecified atom stereocenters. The Bertz CT molecular complexity index is 1270. The molecule has 1 saturated heterocycles. The van der Waals surface area contributed by atoms with E-state index in [4.69, 9.17) is 4.74 Å². The Kier molecular flexibility index (Phi) is 8.22. The number of nitrogens with one attached hydrogen (secondary N) is 1. The summed E-state index contributed by atoms with van der Waals surface area (Å²) in [6.45, 7) is 9.38. The average molecular weight is 555 g/mol. The lowest BCUT2D eigenvalue weighted by atomic mass is 9.88. The van der Waals surface area contributed by atoms with Crippen LogP contribution < -0.4 is 10.2 Å². The molecular formula is C28H35FN4O5Si. The van der Waals surface area contributed by atoms with Crippen molar-refractivity contribution in [1.82, 2.24) is 15.1 Å². The first-order valence-electron chi connectivity index (χ1n) is 13.1. The maximum absolute atomic E-state index is 13.9. The van der Waals surface area contributed by atoms with E-state index < -0.39 is 37.3 Å². The van der Waals surface area contributed by atoms with E-state index >= 15 is 0 Å². The maximum Gasteiger partial charge on any atom is 0.327 e. The second-order valence-corrected chi connectivity index (χ2v) is 16.8. The van der Waals surface area contributed by atoms with Gasteiger partial charge in [0.05, 0.1) is 6.54 Å². The van der Waals surface area contributed by atoms with Crippen LogP contribution in [-0.4, -0.2) is 68.6 Å². The number of urea groups is 1. The molecule has 11 heteroatoms. The van der Waals surface area contributed by atoms with Gasteiger partial charge in [-0.05, 0) is 47.9 Å². The van der Waals surface area contributed by atoms with Gasteiger partial charge in [-0.3, -0.25) is 14.4 Å². The molecule has 1 N–H and O–H groups in total. The summed E-state index contributed by atoms with van der Waals surface area (Å²) in [6, 6.07) is 11.1. The zero-order valence-corrected chi connectivity index (χ0v) is 23.8. The molecule has 0 aliphatic carbocycles. The largest absolute Gasteiger partial charge is 0.361 e. The Balaban J connectivity index is 1.64. The van der Waals surface area contributed by atoms with Gasteiger partial charge in [0.15, 0.2) is 5.54 Å². The number of rotatable bonds is 12. The third-order valence-corrected chi connectivity index (χ3v) is 8.76. The fourth-order valence-electron chi connectivity index (χ4n) is 4.84. The number of anilines is 1. The molecule has 0 radical (unpaired) electrons. The molecule has 2 heterocycles. The number of carbonyl (C=O) groups excluding carboxylic acids is 4. The van der Waals surface area contributed by atoms with Crippen LogP contribution in [-0.2, 0) is 26.4 Å². The quantitative estimate of drug-likeness (QED) is 0.186. The van der Waals surface area contributed by atoms with Crippen molar-refractivity contribution >= 4 is 38.0 Å². The molecule has 2 aliphatic heterocycles. The highest BCUT2D eigenvalue weighted by molar-refractivity contribution is 6.76. The summed E-state index contributed by atoms with van der Waals surface area (Å²) < 4.78 is 19.6. The number of amides is 5. The molecule has 2 aliphatic rings. The van der Waals surface area contributed by atoms with E-state index in [9.17, 15) is 23.6 Å². The molecule has 39 heavy (non-hydrogen) atoms. The molecule has 0 saturated carbocycles. The van der Waals surface area contributed by atoms with Crippen molar-refractivity contribution in [3.8, 4) is 0 Å². The Labute approximate surface area is 228 Å². The fraction of sp³-hybridized carbons (Fsp3) is 0.429. The number of carbonyl (C=O) groups is 4. The zero-order chi connectivity index (χ0) is 28.4. The summed E-state index contributed by atoms with van der Waals surface area (Å²) in [5.74, 6) is -1.47. The highest BCUT2D eigenvalue weighted by atomic mass is 28.3. The predicted molar refractivity (Wildman–Crippen MR) is 147 cm³/mol. The van der Waals surface area contributed by atoms with E-state index in [1.807, 2.05) is 6.92 Å². The smallest absolute Gasteiger partial charge is 0.327 e. The molecule has 2 aromatic rings. The first-order valence-corrected chi connectivity index (χ1v) is 16.8. The normalized spacial score (nSPS) is 18.9. The monoisotopic (exact) mass is 554 g/mol. The SMILES string of the molecule is CCCN(C=O)c1ccc([C@]2(CN3Cc4ccc(F)cc4C3=O)NC(=O)N(COCC[Si](C)(C)C)C2=O)cc1. The van der Waals surface area contributed by atoms with Gasteiger partial charge in [-0.15, -0.1) is 0 Å². The van der Waals surface area contributed by atoms with Crippen molar-refractivity contribution < 1.29 is 28.3 Å². The Hall–Kier alpha value is -3.57. The zero-order valence-electron chi connectivity index (χ0n) is 22.8. The second kappa shape index (κ2) is 11.3. The second-order valence-electron chi connectivity index (χ2n) is 11.2. The minimum atomic E-state index is -1.58. The molecule has 5 amide bonds. The molecule has 2 aromatic carbocycles. The first kappa shape index (κ1) is 28.4. The summed E-state index contributed by atoms with van der Waals surface area (Å²) in [4.78, 5) is 55.8. The third kappa shape index (κ3) is 5.89. The van der Waals surface area contributed by atoms with Crippen molar-refractivity contribution in [3.05, 3.63) is 65.0 Å². The Morgan fingerprint density at radius 1 is 1.13 bits per heavy atom. The van der Waals surface area contributed by atoms with Gasteiger partial charge in [0.1, 0.15) is 12.5 Å². The van der Waals surface area contributed by atoms with Gasteiger partial charge >= 0.3 is 6.03 Å². The predicted octanol–water partition coefficient (Wildman–Crippen LogP) is 3.91.